The van der Waals surface area contributed by atoms with Gasteiger partial charge in [-0.15, -0.1) is 0 Å². The summed E-state index contributed by atoms with van der Waals surface area (Å²) in [4.78, 5) is 23.4. The Kier molecular flexibility index (Phi) is 7.24. The minimum absolute atomic E-state index is 0.0187. The summed E-state index contributed by atoms with van der Waals surface area (Å²) in [6, 6.07) is 11.1. The van der Waals surface area contributed by atoms with Crippen molar-refractivity contribution in [3.63, 3.8) is 0 Å². The van der Waals surface area contributed by atoms with E-state index in [4.69, 9.17) is 27.9 Å². The molecular weight excluding hydrogens is 413 g/mol. The predicted octanol–water partition coefficient (Wildman–Crippen LogP) is 3.65. The molecule has 9 heteroatoms. The van der Waals surface area contributed by atoms with Crippen LogP contribution in [0.2, 0.25) is 10.0 Å². The van der Waals surface area contributed by atoms with Crippen molar-refractivity contribution in [2.24, 2.45) is 0 Å². The van der Waals surface area contributed by atoms with Gasteiger partial charge in [0.2, 0.25) is 0 Å². The van der Waals surface area contributed by atoms with E-state index < -0.39 is 40.5 Å². The first-order chi connectivity index (χ1) is 12.7. The number of anilines is 1. The molecule has 0 aliphatic carbocycles. The van der Waals surface area contributed by atoms with Gasteiger partial charge in [0.05, 0.1) is 22.1 Å². The molecule has 144 valence electrons. The van der Waals surface area contributed by atoms with Gasteiger partial charge in [0.15, 0.2) is 16.4 Å². The summed E-state index contributed by atoms with van der Waals surface area (Å²) in [5, 5.41) is 2.80. The van der Waals surface area contributed by atoms with Crippen LogP contribution in [0, 0.1) is 6.92 Å². The molecule has 0 aliphatic rings. The Morgan fingerprint density at radius 1 is 1.07 bits per heavy atom. The molecule has 0 heterocycles. The molecule has 0 spiro atoms. The van der Waals surface area contributed by atoms with Crippen molar-refractivity contribution in [1.29, 1.82) is 0 Å². The number of benzene rings is 2. The summed E-state index contributed by atoms with van der Waals surface area (Å²) in [5.41, 5.74) is 1.61. The number of amides is 1. The monoisotopic (exact) mass is 429 g/mol. The molecule has 0 saturated heterocycles. The molecular formula is C18H17Cl2NO5S. The Hall–Kier alpha value is -2.09. The number of nitrogens with one attached hydrogen (secondary N) is 1. The molecule has 1 N–H and O–H groups in total. The lowest BCUT2D eigenvalue weighted by Crippen LogP contribution is -2.22. The third kappa shape index (κ3) is 6.53. The highest BCUT2D eigenvalue weighted by Gasteiger charge is 2.21. The predicted molar refractivity (Wildman–Crippen MR) is 104 cm³/mol. The highest BCUT2D eigenvalue weighted by Crippen LogP contribution is 2.26. The zero-order valence-electron chi connectivity index (χ0n) is 14.4. The topological polar surface area (TPSA) is 89.5 Å². The van der Waals surface area contributed by atoms with Gasteiger partial charge >= 0.3 is 5.97 Å². The number of esters is 1. The first-order valence-electron chi connectivity index (χ1n) is 7.87. The van der Waals surface area contributed by atoms with Gasteiger partial charge in [-0.1, -0.05) is 40.9 Å². The van der Waals surface area contributed by atoms with Crippen LogP contribution in [0.25, 0.3) is 0 Å². The van der Waals surface area contributed by atoms with Crippen LogP contribution in [0.3, 0.4) is 0 Å². The molecule has 2 rings (SSSR count). The molecule has 1 amide bonds. The van der Waals surface area contributed by atoms with Gasteiger partial charge < -0.3 is 10.1 Å². The molecule has 0 aromatic heterocycles. The van der Waals surface area contributed by atoms with E-state index in [0.717, 1.165) is 5.56 Å². The smallest absolute Gasteiger partial charge is 0.307 e. The summed E-state index contributed by atoms with van der Waals surface area (Å²) >= 11 is 11.7. The van der Waals surface area contributed by atoms with Gasteiger partial charge in [-0.3, -0.25) is 9.59 Å². The lowest BCUT2D eigenvalue weighted by atomic mass is 10.2. The maximum Gasteiger partial charge on any atom is 0.307 e. The van der Waals surface area contributed by atoms with Crippen LogP contribution in [0.5, 0.6) is 0 Å². The molecule has 0 radical (unpaired) electrons. The normalized spacial score (nSPS) is 11.1. The van der Waals surface area contributed by atoms with E-state index in [1.54, 1.807) is 12.1 Å². The number of carbonyl (C=O) groups is 2. The average molecular weight is 430 g/mol. The summed E-state index contributed by atoms with van der Waals surface area (Å²) in [6.07, 6.45) is -0.414. The molecule has 2 aromatic carbocycles. The fourth-order valence-corrected chi connectivity index (χ4v) is 4.13. The highest BCUT2D eigenvalue weighted by molar-refractivity contribution is 7.91. The van der Waals surface area contributed by atoms with Gasteiger partial charge in [0.25, 0.3) is 5.91 Å². The Labute approximate surface area is 167 Å². The van der Waals surface area contributed by atoms with Gasteiger partial charge in [-0.2, -0.15) is 0 Å². The number of carbonyl (C=O) groups excluding carboxylic acids is 2. The first-order valence-corrected chi connectivity index (χ1v) is 10.3. The molecule has 0 saturated carbocycles. The van der Waals surface area contributed by atoms with Crippen LogP contribution in [0.4, 0.5) is 5.69 Å². The number of ether oxygens (including phenoxy) is 1. The van der Waals surface area contributed by atoms with Crippen LogP contribution >= 0.6 is 23.2 Å². The first kappa shape index (κ1) is 21.2. The molecule has 0 atom stereocenters. The Bertz CT molecular complexity index is 943. The molecule has 6 nitrogen and oxygen atoms in total. The Morgan fingerprint density at radius 3 is 2.41 bits per heavy atom. The minimum atomic E-state index is -3.82. The number of sulfone groups is 1. The van der Waals surface area contributed by atoms with Crippen LogP contribution in [0.1, 0.15) is 12.0 Å². The summed E-state index contributed by atoms with van der Waals surface area (Å²) < 4.78 is 29.4. The highest BCUT2D eigenvalue weighted by atomic mass is 35.5. The summed E-state index contributed by atoms with van der Waals surface area (Å²) in [6.45, 7) is 1.41. The maximum absolute atomic E-state index is 12.3. The van der Waals surface area contributed by atoms with E-state index in [-0.39, 0.29) is 14.9 Å². The molecule has 0 unspecified atom stereocenters. The van der Waals surface area contributed by atoms with E-state index in [0.29, 0.717) is 5.69 Å². The average Bonchev–Trinajstić information content (AvgIpc) is 2.62. The second kappa shape index (κ2) is 9.21. The Morgan fingerprint density at radius 2 is 1.74 bits per heavy atom. The SMILES string of the molecule is Cc1ccc(NC(=O)COC(=O)CCS(=O)(=O)c2cc(Cl)ccc2Cl)cc1. The number of aryl methyl sites for hydroxylation is 1. The maximum atomic E-state index is 12.3. The summed E-state index contributed by atoms with van der Waals surface area (Å²) in [5.74, 6) is -1.84. The zero-order chi connectivity index (χ0) is 20.0. The van der Waals surface area contributed by atoms with Gasteiger partial charge in [-0.05, 0) is 37.3 Å². The fraction of sp³-hybridized carbons (Fsp3) is 0.222. The number of hydrogen-bond donors (Lipinski definition) is 1. The van der Waals surface area contributed by atoms with E-state index >= 15 is 0 Å². The van der Waals surface area contributed by atoms with Crippen molar-refractivity contribution in [3.8, 4) is 0 Å². The molecule has 27 heavy (non-hydrogen) atoms. The zero-order valence-corrected chi connectivity index (χ0v) is 16.7. The van der Waals surface area contributed by atoms with E-state index in [1.165, 1.54) is 18.2 Å². The number of rotatable bonds is 7. The quantitative estimate of drug-likeness (QED) is 0.678. The van der Waals surface area contributed by atoms with Gasteiger partial charge in [-0.25, -0.2) is 8.42 Å². The van der Waals surface area contributed by atoms with Gasteiger partial charge in [0, 0.05) is 10.7 Å². The van der Waals surface area contributed by atoms with E-state index in [1.807, 2.05) is 19.1 Å². The number of halogens is 2. The van der Waals surface area contributed by atoms with Crippen molar-refractivity contribution in [2.45, 2.75) is 18.2 Å². The van der Waals surface area contributed by atoms with Crippen LogP contribution < -0.4 is 5.32 Å². The van der Waals surface area contributed by atoms with Crippen molar-refractivity contribution in [1.82, 2.24) is 0 Å². The standard InChI is InChI=1S/C18H17Cl2NO5S/c1-12-2-5-14(6-3-12)21-17(22)11-26-18(23)8-9-27(24,25)16-10-13(19)4-7-15(16)20/h2-7,10H,8-9,11H2,1H3,(H,21,22). The van der Waals surface area contributed by atoms with Gasteiger partial charge in [0.1, 0.15) is 0 Å². The second-order valence-electron chi connectivity index (χ2n) is 5.72. The largest absolute Gasteiger partial charge is 0.456 e. The lowest BCUT2D eigenvalue weighted by Gasteiger charge is -2.08. The lowest BCUT2D eigenvalue weighted by molar-refractivity contribution is -0.146. The van der Waals surface area contributed by atoms with Crippen molar-refractivity contribution in [3.05, 3.63) is 58.1 Å². The Balaban J connectivity index is 1.84. The van der Waals surface area contributed by atoms with Crippen LogP contribution in [-0.4, -0.2) is 32.7 Å². The van der Waals surface area contributed by atoms with Crippen molar-refractivity contribution in [2.75, 3.05) is 17.7 Å². The molecule has 0 bridgehead atoms. The third-order valence-corrected chi connectivity index (χ3v) is 5.93. The summed E-state index contributed by atoms with van der Waals surface area (Å²) in [7, 11) is -3.82. The van der Waals surface area contributed by atoms with Crippen LogP contribution in [0.15, 0.2) is 47.4 Å². The van der Waals surface area contributed by atoms with E-state index in [2.05, 4.69) is 5.32 Å². The minimum Gasteiger partial charge on any atom is -0.456 e. The second-order valence-corrected chi connectivity index (χ2v) is 8.64. The van der Waals surface area contributed by atoms with E-state index in [9.17, 15) is 18.0 Å². The fourth-order valence-electron chi connectivity index (χ4n) is 2.10. The third-order valence-electron chi connectivity index (χ3n) is 3.50. The van der Waals surface area contributed by atoms with Crippen molar-refractivity contribution < 1.29 is 22.7 Å². The molecule has 0 fully saturated rings. The van der Waals surface area contributed by atoms with Crippen molar-refractivity contribution >= 4 is 50.6 Å². The molecule has 0 aliphatic heterocycles. The van der Waals surface area contributed by atoms with Crippen LogP contribution in [-0.2, 0) is 24.2 Å². The molecule has 2 aromatic rings. The number of hydrogen-bond acceptors (Lipinski definition) is 5.